The molecule has 7 rings (SSSR count). The highest BCUT2D eigenvalue weighted by molar-refractivity contribution is 7.84. The molecule has 1 fully saturated rings. The Morgan fingerprint density at radius 3 is 2.49 bits per heavy atom. The SMILES string of the molecule is [2H]C([2H])(O[Si](C)(C)C(C)(C)C)C1(C)CC(N[S@](=O)C(C)(C)C)(c2ncc(-c3ccc4nc5n(c4c3)[C@@H]3C[C@H]5NC(=O)c4cccc(OC(F)F)c43)cc2F)C1. The standard InChI is InChI=1S/C39H48F3N5O4SSi/c1-36(2,3)52(49)46-39(19-38(7,20-39)21-50-53(8,9)37(4,5)6)32-25(40)15-23(18-43-32)22-13-14-26-28(16-22)47-29-17-27(33(47)44-26)45-34(48)24-11-10-12-30(31(24)29)51-35(41)42/h10-16,18,27,29,35,46H,17,19-21H2,1-9H3,(H,45,48)/t27-,29-,38?,39?,52-/m1/s1/i21D2. The molecule has 0 saturated heterocycles. The van der Waals surface area contributed by atoms with Gasteiger partial charge in [-0.3, -0.25) is 9.78 Å². The van der Waals surface area contributed by atoms with Gasteiger partial charge >= 0.3 is 6.61 Å². The third-order valence-electron chi connectivity index (χ3n) is 11.2. The molecule has 1 amide bonds. The van der Waals surface area contributed by atoms with Gasteiger partial charge in [-0.2, -0.15) is 8.78 Å². The molecule has 2 aromatic heterocycles. The highest BCUT2D eigenvalue weighted by Gasteiger charge is 2.57. The molecular weight excluding hydrogens is 720 g/mol. The molecule has 14 heteroatoms. The topological polar surface area (TPSA) is 107 Å². The van der Waals surface area contributed by atoms with Crippen molar-refractivity contribution in [1.82, 2.24) is 24.6 Å². The summed E-state index contributed by atoms with van der Waals surface area (Å²) < 4.78 is 91.0. The number of hydrogen-bond donors (Lipinski definition) is 2. The fraction of sp³-hybridized carbons (Fsp3) is 0.513. The van der Waals surface area contributed by atoms with E-state index in [1.807, 2.05) is 65.3 Å². The molecule has 284 valence electrons. The second-order valence-electron chi connectivity index (χ2n) is 17.4. The minimum absolute atomic E-state index is 0.0460. The van der Waals surface area contributed by atoms with Gasteiger partial charge in [0.25, 0.3) is 5.91 Å². The van der Waals surface area contributed by atoms with E-state index in [-0.39, 0.29) is 34.9 Å². The van der Waals surface area contributed by atoms with Crippen LogP contribution in [0.15, 0.2) is 48.7 Å². The van der Waals surface area contributed by atoms with Crippen molar-refractivity contribution >= 4 is 36.2 Å². The van der Waals surface area contributed by atoms with E-state index in [0.717, 1.165) is 0 Å². The Kier molecular flexibility index (Phi) is 8.44. The van der Waals surface area contributed by atoms with Crippen molar-refractivity contribution < 1.29 is 34.1 Å². The van der Waals surface area contributed by atoms with Crippen LogP contribution in [0.2, 0.25) is 18.1 Å². The maximum absolute atomic E-state index is 16.6. The lowest BCUT2D eigenvalue weighted by atomic mass is 9.57. The Bertz CT molecular complexity index is 2230. The van der Waals surface area contributed by atoms with E-state index >= 15 is 4.39 Å². The van der Waals surface area contributed by atoms with Gasteiger partial charge in [0.05, 0.1) is 52.8 Å². The number of amides is 1. The molecular formula is C39H48F3N5O4SSi. The summed E-state index contributed by atoms with van der Waals surface area (Å²) in [6.45, 7) is 12.2. The van der Waals surface area contributed by atoms with Crippen molar-refractivity contribution in [3.05, 3.63) is 77.1 Å². The number of nitrogens with zero attached hydrogens (tertiary/aromatic N) is 3. The van der Waals surface area contributed by atoms with Gasteiger partial charge in [0.2, 0.25) is 0 Å². The van der Waals surface area contributed by atoms with Gasteiger partial charge in [-0.1, -0.05) is 39.8 Å². The van der Waals surface area contributed by atoms with Crippen molar-refractivity contribution in [1.29, 1.82) is 0 Å². The van der Waals surface area contributed by atoms with E-state index in [1.54, 1.807) is 31.3 Å². The van der Waals surface area contributed by atoms with Gasteiger partial charge in [-0.15, -0.1) is 0 Å². The minimum Gasteiger partial charge on any atom is -0.434 e. The zero-order chi connectivity index (χ0) is 40.3. The number of nitrogens with one attached hydrogen (secondary N) is 2. The van der Waals surface area contributed by atoms with Gasteiger partial charge in [0, 0.05) is 29.4 Å². The third kappa shape index (κ3) is 6.63. The highest BCUT2D eigenvalue weighted by atomic mass is 32.2. The molecule has 4 aromatic rings. The fourth-order valence-electron chi connectivity index (χ4n) is 7.51. The first-order valence-electron chi connectivity index (χ1n) is 18.8. The summed E-state index contributed by atoms with van der Waals surface area (Å²) in [5.41, 5.74) is 0.720. The molecule has 53 heavy (non-hydrogen) atoms. The monoisotopic (exact) mass is 769 g/mol. The number of aromatic nitrogens is 3. The van der Waals surface area contributed by atoms with Crippen LogP contribution in [0.25, 0.3) is 22.2 Å². The number of hydrogen-bond acceptors (Lipinski definition) is 6. The zero-order valence-electron chi connectivity index (χ0n) is 33.5. The molecule has 3 aliphatic rings. The minimum atomic E-state index is -3.08. The third-order valence-corrected chi connectivity index (χ3v) is 17.1. The van der Waals surface area contributed by atoms with Crippen LogP contribution in [0.5, 0.6) is 5.75 Å². The molecule has 2 aliphatic heterocycles. The van der Waals surface area contributed by atoms with Gasteiger partial charge in [-0.25, -0.2) is 18.3 Å². The Labute approximate surface area is 315 Å². The molecule has 4 heterocycles. The number of fused-ring (bicyclic) bond motifs is 9. The van der Waals surface area contributed by atoms with Crippen LogP contribution in [0.1, 0.15) is 110 Å². The van der Waals surface area contributed by atoms with Gasteiger partial charge < -0.3 is 19.0 Å². The van der Waals surface area contributed by atoms with Crippen molar-refractivity contribution in [3.63, 3.8) is 0 Å². The molecule has 1 saturated carbocycles. The first-order valence-corrected chi connectivity index (χ1v) is 21.9. The lowest BCUT2D eigenvalue weighted by molar-refractivity contribution is -0.0507. The molecule has 3 atom stereocenters. The molecule has 2 aromatic carbocycles. The molecule has 0 radical (unpaired) electrons. The quantitative estimate of drug-likeness (QED) is 0.165. The average molecular weight is 770 g/mol. The maximum Gasteiger partial charge on any atom is 0.387 e. The van der Waals surface area contributed by atoms with Crippen molar-refractivity contribution in [2.45, 2.75) is 115 Å². The summed E-state index contributed by atoms with van der Waals surface area (Å²) in [7, 11) is -4.18. The molecule has 0 spiro atoms. The summed E-state index contributed by atoms with van der Waals surface area (Å²) >= 11 is 0. The zero-order valence-corrected chi connectivity index (χ0v) is 33.3. The predicted octanol–water partition coefficient (Wildman–Crippen LogP) is 8.69. The number of carbonyl (C=O) groups is 1. The number of halogens is 3. The Morgan fingerprint density at radius 2 is 1.85 bits per heavy atom. The van der Waals surface area contributed by atoms with E-state index < -0.39 is 72.0 Å². The Balaban J connectivity index is 1.25. The molecule has 2 N–H and O–H groups in total. The van der Waals surface area contributed by atoms with E-state index in [2.05, 4.69) is 15.0 Å². The Morgan fingerprint density at radius 1 is 1.13 bits per heavy atom. The van der Waals surface area contributed by atoms with E-state index in [4.69, 9.17) is 16.9 Å². The lowest BCUT2D eigenvalue weighted by Gasteiger charge is -2.55. The highest BCUT2D eigenvalue weighted by Crippen LogP contribution is 2.56. The Hall–Kier alpha value is -3.59. The van der Waals surface area contributed by atoms with Crippen LogP contribution in [-0.2, 0) is 21.0 Å². The van der Waals surface area contributed by atoms with Gasteiger partial charge in [0.15, 0.2) is 8.32 Å². The van der Waals surface area contributed by atoms with Crippen molar-refractivity contribution in [2.24, 2.45) is 5.41 Å². The summed E-state index contributed by atoms with van der Waals surface area (Å²) in [5, 5.41) is 2.74. The van der Waals surface area contributed by atoms with E-state index in [9.17, 15) is 17.8 Å². The number of pyridine rings is 1. The largest absolute Gasteiger partial charge is 0.434 e. The number of carbonyl (C=O) groups excluding carboxylic acids is 1. The lowest BCUT2D eigenvalue weighted by Crippen LogP contribution is -2.62. The predicted molar refractivity (Wildman–Crippen MR) is 202 cm³/mol. The van der Waals surface area contributed by atoms with Crippen LogP contribution < -0.4 is 14.8 Å². The summed E-state index contributed by atoms with van der Waals surface area (Å²) in [6.07, 6.45) is 2.13. The maximum atomic E-state index is 16.6. The summed E-state index contributed by atoms with van der Waals surface area (Å²) in [5.74, 6) is -0.539. The first-order chi connectivity index (χ1) is 25.4. The van der Waals surface area contributed by atoms with Crippen LogP contribution in [0, 0.1) is 11.2 Å². The number of rotatable bonds is 9. The molecule has 0 unspecified atom stereocenters. The summed E-state index contributed by atoms with van der Waals surface area (Å²) in [6, 6.07) is 10.3. The van der Waals surface area contributed by atoms with E-state index in [1.165, 1.54) is 18.2 Å². The van der Waals surface area contributed by atoms with Crippen molar-refractivity contribution in [3.8, 4) is 16.9 Å². The van der Waals surface area contributed by atoms with Gasteiger partial charge in [-0.05, 0) is 99.5 Å². The first kappa shape index (κ1) is 35.1. The second kappa shape index (κ2) is 12.7. The van der Waals surface area contributed by atoms with Crippen LogP contribution in [0.4, 0.5) is 13.2 Å². The number of alkyl halides is 2. The van der Waals surface area contributed by atoms with E-state index in [0.29, 0.717) is 40.0 Å². The molecule has 1 aliphatic carbocycles. The number of benzene rings is 2. The smallest absolute Gasteiger partial charge is 0.387 e. The molecule has 2 bridgehead atoms. The molecule has 9 nitrogen and oxygen atoms in total. The normalized spacial score (nSPS) is 25.6. The van der Waals surface area contributed by atoms with Crippen LogP contribution in [0.3, 0.4) is 0 Å². The number of ether oxygens (including phenoxy) is 1. The summed E-state index contributed by atoms with van der Waals surface area (Å²) in [4.78, 5) is 22.6. The average Bonchev–Trinajstić information content (AvgIpc) is 3.53. The number of imidazole rings is 1. The van der Waals surface area contributed by atoms with Crippen LogP contribution >= 0.6 is 0 Å². The van der Waals surface area contributed by atoms with Crippen molar-refractivity contribution in [2.75, 3.05) is 6.56 Å². The van der Waals surface area contributed by atoms with Gasteiger partial charge in [0.1, 0.15) is 17.4 Å². The fourth-order valence-corrected chi connectivity index (χ4v) is 9.22. The van der Waals surface area contributed by atoms with Crippen LogP contribution in [-0.4, -0.2) is 50.9 Å². The second-order valence-corrected chi connectivity index (χ2v) is 24.1.